The van der Waals surface area contributed by atoms with Crippen LogP contribution in [0.15, 0.2) is 24.3 Å². The normalized spacial score (nSPS) is 25.8. The van der Waals surface area contributed by atoms with E-state index in [4.69, 9.17) is 21.1 Å². The third-order valence-corrected chi connectivity index (χ3v) is 4.10. The lowest BCUT2D eigenvalue weighted by atomic mass is 9.93. The van der Waals surface area contributed by atoms with Crippen molar-refractivity contribution >= 4 is 23.5 Å². The van der Waals surface area contributed by atoms with E-state index in [9.17, 15) is 9.59 Å². The van der Waals surface area contributed by atoms with Crippen molar-refractivity contribution in [1.82, 2.24) is 4.90 Å². The van der Waals surface area contributed by atoms with E-state index in [0.29, 0.717) is 31.3 Å². The first-order valence-electron chi connectivity index (χ1n) is 6.96. The summed E-state index contributed by atoms with van der Waals surface area (Å²) in [5.41, 5.74) is 0.803. The van der Waals surface area contributed by atoms with E-state index in [-0.39, 0.29) is 18.3 Å². The Morgan fingerprint density at radius 1 is 1.19 bits per heavy atom. The van der Waals surface area contributed by atoms with Gasteiger partial charge in [0.15, 0.2) is 0 Å². The number of rotatable bonds is 2. The molecule has 0 saturated carbocycles. The summed E-state index contributed by atoms with van der Waals surface area (Å²) in [5, 5.41) is 0.610. The van der Waals surface area contributed by atoms with Gasteiger partial charge in [0.1, 0.15) is 6.10 Å². The molecule has 6 heteroatoms. The zero-order valence-electron chi connectivity index (χ0n) is 11.5. The van der Waals surface area contributed by atoms with E-state index in [1.165, 1.54) is 0 Å². The van der Waals surface area contributed by atoms with Gasteiger partial charge < -0.3 is 14.4 Å². The fourth-order valence-electron chi connectivity index (χ4n) is 2.75. The van der Waals surface area contributed by atoms with E-state index in [0.717, 1.165) is 5.56 Å². The molecule has 0 bridgehead atoms. The van der Waals surface area contributed by atoms with Crippen molar-refractivity contribution in [2.45, 2.75) is 12.5 Å². The molecule has 1 aromatic carbocycles. The number of carbonyl (C=O) groups is 2. The molecule has 2 atom stereocenters. The molecule has 1 amide bonds. The molecule has 2 heterocycles. The second-order valence-electron chi connectivity index (χ2n) is 5.21. The number of morpholine rings is 1. The summed E-state index contributed by atoms with van der Waals surface area (Å²) in [6.07, 6.45) is -0.395. The van der Waals surface area contributed by atoms with E-state index in [2.05, 4.69) is 0 Å². The number of amides is 1. The van der Waals surface area contributed by atoms with E-state index in [1.807, 2.05) is 0 Å². The number of ether oxygens (including phenoxy) is 2. The Hall–Kier alpha value is -1.59. The molecule has 5 nitrogen and oxygen atoms in total. The summed E-state index contributed by atoms with van der Waals surface area (Å²) in [7, 11) is 0. The Bertz CT molecular complexity index is 539. The van der Waals surface area contributed by atoms with Crippen molar-refractivity contribution in [3.63, 3.8) is 0 Å². The third-order valence-electron chi connectivity index (χ3n) is 3.85. The lowest BCUT2D eigenvalue weighted by Crippen LogP contribution is -2.44. The van der Waals surface area contributed by atoms with Gasteiger partial charge in [-0.15, -0.1) is 0 Å². The average molecular weight is 310 g/mol. The molecular weight excluding hydrogens is 294 g/mol. The Morgan fingerprint density at radius 3 is 2.52 bits per heavy atom. The zero-order chi connectivity index (χ0) is 14.8. The first-order valence-corrected chi connectivity index (χ1v) is 7.34. The van der Waals surface area contributed by atoms with E-state index < -0.39 is 12.0 Å². The minimum Gasteiger partial charge on any atom is -0.457 e. The van der Waals surface area contributed by atoms with Gasteiger partial charge in [-0.3, -0.25) is 9.59 Å². The summed E-state index contributed by atoms with van der Waals surface area (Å²) >= 11 is 5.87. The predicted octanol–water partition coefficient (Wildman–Crippen LogP) is 1.80. The fourth-order valence-corrected chi connectivity index (χ4v) is 2.87. The number of cyclic esters (lactones) is 1. The Balaban J connectivity index is 1.80. The van der Waals surface area contributed by atoms with Crippen molar-refractivity contribution in [2.75, 3.05) is 26.3 Å². The van der Waals surface area contributed by atoms with Gasteiger partial charge in [0, 0.05) is 18.1 Å². The molecule has 0 spiro atoms. The number of nitrogens with zero attached hydrogens (tertiary/aromatic N) is 1. The summed E-state index contributed by atoms with van der Waals surface area (Å²) in [4.78, 5) is 26.0. The number of carbonyl (C=O) groups excluding carboxylic acids is 2. The van der Waals surface area contributed by atoms with E-state index >= 15 is 0 Å². The highest BCUT2D eigenvalue weighted by Gasteiger charge is 2.42. The van der Waals surface area contributed by atoms with Crippen LogP contribution in [0.3, 0.4) is 0 Å². The maximum absolute atomic E-state index is 12.6. The first kappa shape index (κ1) is 14.4. The molecule has 3 rings (SSSR count). The molecule has 2 unspecified atom stereocenters. The molecule has 2 fully saturated rings. The topological polar surface area (TPSA) is 55.8 Å². The SMILES string of the molecule is O=C1CC(C(=O)N2CCOCC2)C(c2ccc(Cl)cc2)O1. The molecular formula is C15H16ClNO4. The first-order chi connectivity index (χ1) is 10.1. The monoisotopic (exact) mass is 309 g/mol. The highest BCUT2D eigenvalue weighted by atomic mass is 35.5. The third kappa shape index (κ3) is 3.04. The Kier molecular flexibility index (Phi) is 4.12. The Labute approximate surface area is 127 Å². The summed E-state index contributed by atoms with van der Waals surface area (Å²) < 4.78 is 10.6. The standard InChI is InChI=1S/C15H16ClNO4/c16-11-3-1-10(2-4-11)14-12(9-13(18)21-14)15(19)17-5-7-20-8-6-17/h1-4,12,14H,5-9H2. The van der Waals surface area contributed by atoms with Crippen LogP contribution >= 0.6 is 11.6 Å². The minimum absolute atomic E-state index is 0.0379. The molecule has 0 N–H and O–H groups in total. The van der Waals surface area contributed by atoms with Crippen LogP contribution in [0.4, 0.5) is 0 Å². The van der Waals surface area contributed by atoms with Crippen LogP contribution in [-0.4, -0.2) is 43.1 Å². The molecule has 2 aliphatic heterocycles. The molecule has 21 heavy (non-hydrogen) atoms. The van der Waals surface area contributed by atoms with Crippen molar-refractivity contribution in [2.24, 2.45) is 5.92 Å². The molecule has 2 saturated heterocycles. The number of hydrogen-bond donors (Lipinski definition) is 0. The second kappa shape index (κ2) is 6.03. The smallest absolute Gasteiger partial charge is 0.307 e. The second-order valence-corrected chi connectivity index (χ2v) is 5.65. The maximum Gasteiger partial charge on any atom is 0.307 e. The fraction of sp³-hybridized carbons (Fsp3) is 0.467. The highest BCUT2D eigenvalue weighted by molar-refractivity contribution is 6.30. The van der Waals surface area contributed by atoms with Gasteiger partial charge in [0.2, 0.25) is 5.91 Å². The van der Waals surface area contributed by atoms with Crippen molar-refractivity contribution in [1.29, 1.82) is 0 Å². The maximum atomic E-state index is 12.6. The van der Waals surface area contributed by atoms with Gasteiger partial charge in [0.25, 0.3) is 0 Å². The summed E-state index contributed by atoms with van der Waals surface area (Å²) in [6, 6.07) is 7.06. The minimum atomic E-state index is -0.523. The quantitative estimate of drug-likeness (QED) is 0.782. The molecule has 0 radical (unpaired) electrons. The van der Waals surface area contributed by atoms with Crippen LogP contribution < -0.4 is 0 Å². The number of benzene rings is 1. The molecule has 0 aromatic heterocycles. The number of esters is 1. The Morgan fingerprint density at radius 2 is 1.86 bits per heavy atom. The van der Waals surface area contributed by atoms with Gasteiger partial charge in [0.05, 0.1) is 25.6 Å². The number of halogens is 1. The van der Waals surface area contributed by atoms with Crippen LogP contribution in [0, 0.1) is 5.92 Å². The van der Waals surface area contributed by atoms with Gasteiger partial charge in [-0.2, -0.15) is 0 Å². The molecule has 2 aliphatic rings. The van der Waals surface area contributed by atoms with Gasteiger partial charge in [-0.05, 0) is 17.7 Å². The molecule has 112 valence electrons. The number of hydrogen-bond acceptors (Lipinski definition) is 4. The molecule has 1 aromatic rings. The van der Waals surface area contributed by atoms with Crippen molar-refractivity contribution in [3.8, 4) is 0 Å². The lowest BCUT2D eigenvalue weighted by Gasteiger charge is -2.30. The van der Waals surface area contributed by atoms with Crippen LogP contribution in [0.5, 0.6) is 0 Å². The largest absolute Gasteiger partial charge is 0.457 e. The van der Waals surface area contributed by atoms with Crippen molar-refractivity contribution in [3.05, 3.63) is 34.9 Å². The zero-order valence-corrected chi connectivity index (χ0v) is 12.2. The van der Waals surface area contributed by atoms with Crippen LogP contribution in [-0.2, 0) is 19.1 Å². The van der Waals surface area contributed by atoms with Crippen LogP contribution in [0.25, 0.3) is 0 Å². The summed E-state index contributed by atoms with van der Waals surface area (Å²) in [5.74, 6) is -0.831. The van der Waals surface area contributed by atoms with Crippen LogP contribution in [0.1, 0.15) is 18.1 Å². The predicted molar refractivity (Wildman–Crippen MR) is 75.8 cm³/mol. The van der Waals surface area contributed by atoms with Crippen molar-refractivity contribution < 1.29 is 19.1 Å². The lowest BCUT2D eigenvalue weighted by molar-refractivity contribution is -0.143. The van der Waals surface area contributed by atoms with Gasteiger partial charge >= 0.3 is 5.97 Å². The highest BCUT2D eigenvalue weighted by Crippen LogP contribution is 2.37. The van der Waals surface area contributed by atoms with Gasteiger partial charge in [-0.1, -0.05) is 23.7 Å². The summed E-state index contributed by atoms with van der Waals surface area (Å²) in [6.45, 7) is 2.21. The van der Waals surface area contributed by atoms with Crippen LogP contribution in [0.2, 0.25) is 5.02 Å². The van der Waals surface area contributed by atoms with E-state index in [1.54, 1.807) is 29.2 Å². The molecule has 0 aliphatic carbocycles. The van der Waals surface area contributed by atoms with Gasteiger partial charge in [-0.25, -0.2) is 0 Å². The average Bonchev–Trinajstić information content (AvgIpc) is 2.90.